The molecule has 0 saturated heterocycles. The fourth-order valence-corrected chi connectivity index (χ4v) is 3.19. The first kappa shape index (κ1) is 14.4. The normalized spacial score (nSPS) is 12.2. The minimum atomic E-state index is 0.0230. The van der Waals surface area contributed by atoms with Gasteiger partial charge in [-0.3, -0.25) is 0 Å². The summed E-state index contributed by atoms with van der Waals surface area (Å²) in [6.45, 7) is 0. The van der Waals surface area contributed by atoms with Crippen LogP contribution in [-0.4, -0.2) is 12.9 Å². The highest BCUT2D eigenvalue weighted by molar-refractivity contribution is 9.10. The Morgan fingerprint density at radius 1 is 1.21 bits per heavy atom. The molecule has 100 valence electrons. The predicted molar refractivity (Wildman–Crippen MR) is 84.8 cm³/mol. The maximum Gasteiger partial charge on any atom is 0.118 e. The van der Waals surface area contributed by atoms with E-state index in [-0.39, 0.29) is 6.04 Å². The quantitative estimate of drug-likeness (QED) is 0.828. The van der Waals surface area contributed by atoms with Gasteiger partial charge in [0.25, 0.3) is 0 Å². The average Bonchev–Trinajstić information content (AvgIpc) is 2.45. The summed E-state index contributed by atoms with van der Waals surface area (Å²) in [5.74, 6) is 1.71. The molecule has 2 N–H and O–H groups in total. The van der Waals surface area contributed by atoms with Crippen molar-refractivity contribution in [3.63, 3.8) is 0 Å². The fraction of sp³-hybridized carbons (Fsp3) is 0.200. The van der Waals surface area contributed by atoms with Crippen molar-refractivity contribution in [1.82, 2.24) is 0 Å². The summed E-state index contributed by atoms with van der Waals surface area (Å²) >= 11 is 5.23. The average molecular weight is 338 g/mol. The number of thioether (sulfide) groups is 1. The maximum atomic E-state index is 6.20. The minimum absolute atomic E-state index is 0.0230. The Bertz CT molecular complexity index is 530. The molecule has 0 aliphatic carbocycles. The first-order valence-electron chi connectivity index (χ1n) is 5.97. The van der Waals surface area contributed by atoms with E-state index in [2.05, 4.69) is 28.1 Å². The van der Waals surface area contributed by atoms with Crippen LogP contribution in [0.25, 0.3) is 0 Å². The van der Waals surface area contributed by atoms with E-state index in [0.717, 1.165) is 21.5 Å². The molecular formula is C15H16BrNOS. The van der Waals surface area contributed by atoms with Crippen molar-refractivity contribution in [1.29, 1.82) is 0 Å². The molecule has 2 nitrogen and oxygen atoms in total. The van der Waals surface area contributed by atoms with Crippen LogP contribution in [0.1, 0.15) is 11.6 Å². The van der Waals surface area contributed by atoms with Gasteiger partial charge < -0.3 is 10.5 Å². The van der Waals surface area contributed by atoms with Crippen LogP contribution >= 0.6 is 27.7 Å². The van der Waals surface area contributed by atoms with E-state index < -0.39 is 0 Å². The first-order chi connectivity index (χ1) is 9.19. The Labute approximate surface area is 126 Å². The molecule has 1 atom stereocenters. The highest BCUT2D eigenvalue weighted by Crippen LogP contribution is 2.26. The third kappa shape index (κ3) is 4.27. The monoisotopic (exact) mass is 337 g/mol. The van der Waals surface area contributed by atoms with Crippen molar-refractivity contribution >= 4 is 27.7 Å². The molecule has 0 heterocycles. The lowest BCUT2D eigenvalue weighted by atomic mass is 10.1. The van der Waals surface area contributed by atoms with Gasteiger partial charge in [0.15, 0.2) is 0 Å². The molecule has 2 aromatic rings. The molecule has 0 amide bonds. The van der Waals surface area contributed by atoms with E-state index in [1.807, 2.05) is 36.4 Å². The molecule has 0 aliphatic heterocycles. The SMILES string of the molecule is COc1ccc(C(N)CSc2cccc(Br)c2)cc1. The van der Waals surface area contributed by atoms with Crippen LogP contribution in [0.15, 0.2) is 57.9 Å². The number of halogens is 1. The highest BCUT2D eigenvalue weighted by atomic mass is 79.9. The van der Waals surface area contributed by atoms with Crippen molar-refractivity contribution < 1.29 is 4.74 Å². The molecule has 2 rings (SSSR count). The largest absolute Gasteiger partial charge is 0.497 e. The number of benzene rings is 2. The Morgan fingerprint density at radius 2 is 1.95 bits per heavy atom. The van der Waals surface area contributed by atoms with E-state index in [0.29, 0.717) is 0 Å². The van der Waals surface area contributed by atoms with Crippen LogP contribution in [0.4, 0.5) is 0 Å². The molecule has 0 aliphatic rings. The maximum absolute atomic E-state index is 6.20. The van der Waals surface area contributed by atoms with Crippen LogP contribution in [0, 0.1) is 0 Å². The third-order valence-corrected chi connectivity index (χ3v) is 4.38. The second-order valence-electron chi connectivity index (χ2n) is 4.15. The number of hydrogen-bond donors (Lipinski definition) is 1. The second kappa shape index (κ2) is 6.98. The van der Waals surface area contributed by atoms with Crippen LogP contribution in [0.2, 0.25) is 0 Å². The van der Waals surface area contributed by atoms with E-state index in [1.54, 1.807) is 18.9 Å². The number of ether oxygens (including phenoxy) is 1. The Morgan fingerprint density at radius 3 is 2.58 bits per heavy atom. The fourth-order valence-electron chi connectivity index (χ4n) is 1.69. The summed E-state index contributed by atoms with van der Waals surface area (Å²) in [7, 11) is 1.66. The molecule has 19 heavy (non-hydrogen) atoms. The lowest BCUT2D eigenvalue weighted by Crippen LogP contribution is -2.12. The summed E-state index contributed by atoms with van der Waals surface area (Å²) in [6.07, 6.45) is 0. The molecule has 0 saturated carbocycles. The minimum Gasteiger partial charge on any atom is -0.497 e. The third-order valence-electron chi connectivity index (χ3n) is 2.77. The van der Waals surface area contributed by atoms with Crippen molar-refractivity contribution in [3.8, 4) is 5.75 Å². The van der Waals surface area contributed by atoms with Gasteiger partial charge in [-0.2, -0.15) is 0 Å². The summed E-state index contributed by atoms with van der Waals surface area (Å²) in [5.41, 5.74) is 7.33. The topological polar surface area (TPSA) is 35.2 Å². The van der Waals surface area contributed by atoms with Gasteiger partial charge in [-0.05, 0) is 35.9 Å². The van der Waals surface area contributed by atoms with Crippen molar-refractivity contribution in [2.45, 2.75) is 10.9 Å². The highest BCUT2D eigenvalue weighted by Gasteiger charge is 2.07. The molecule has 0 aromatic heterocycles. The smallest absolute Gasteiger partial charge is 0.118 e. The van der Waals surface area contributed by atoms with Gasteiger partial charge in [0.1, 0.15) is 5.75 Å². The summed E-state index contributed by atoms with van der Waals surface area (Å²) < 4.78 is 6.23. The van der Waals surface area contributed by atoms with Gasteiger partial charge in [-0.15, -0.1) is 11.8 Å². The van der Waals surface area contributed by atoms with E-state index in [1.165, 1.54) is 4.90 Å². The van der Waals surface area contributed by atoms with Gasteiger partial charge >= 0.3 is 0 Å². The number of methoxy groups -OCH3 is 1. The van der Waals surface area contributed by atoms with Crippen molar-refractivity contribution in [2.75, 3.05) is 12.9 Å². The molecule has 1 unspecified atom stereocenters. The number of rotatable bonds is 5. The number of hydrogen-bond acceptors (Lipinski definition) is 3. The van der Waals surface area contributed by atoms with E-state index >= 15 is 0 Å². The lowest BCUT2D eigenvalue weighted by Gasteiger charge is -2.12. The molecule has 2 aromatic carbocycles. The molecule has 0 fully saturated rings. The zero-order valence-electron chi connectivity index (χ0n) is 10.7. The van der Waals surface area contributed by atoms with Gasteiger partial charge in [-0.25, -0.2) is 0 Å². The second-order valence-corrected chi connectivity index (χ2v) is 6.16. The van der Waals surface area contributed by atoms with Crippen molar-refractivity contribution in [2.24, 2.45) is 5.73 Å². The van der Waals surface area contributed by atoms with Gasteiger partial charge in [0.05, 0.1) is 7.11 Å². The molecule has 4 heteroatoms. The summed E-state index contributed by atoms with van der Waals surface area (Å²) in [5, 5.41) is 0. The Balaban J connectivity index is 1.95. The van der Waals surface area contributed by atoms with Crippen LogP contribution in [0.3, 0.4) is 0 Å². The van der Waals surface area contributed by atoms with Crippen LogP contribution in [-0.2, 0) is 0 Å². The van der Waals surface area contributed by atoms with Gasteiger partial charge in [0.2, 0.25) is 0 Å². The number of nitrogens with two attached hydrogens (primary N) is 1. The van der Waals surface area contributed by atoms with Crippen LogP contribution in [0.5, 0.6) is 5.75 Å². The van der Waals surface area contributed by atoms with Gasteiger partial charge in [-0.1, -0.05) is 34.1 Å². The first-order valence-corrected chi connectivity index (χ1v) is 7.75. The standard InChI is InChI=1S/C15H16BrNOS/c1-18-13-7-5-11(6-8-13)15(17)10-19-14-4-2-3-12(16)9-14/h2-9,15H,10,17H2,1H3. The Kier molecular flexibility index (Phi) is 5.31. The molecule has 0 radical (unpaired) electrons. The molecule has 0 spiro atoms. The molecule has 0 bridgehead atoms. The zero-order chi connectivity index (χ0) is 13.7. The van der Waals surface area contributed by atoms with Crippen LogP contribution < -0.4 is 10.5 Å². The van der Waals surface area contributed by atoms with Gasteiger partial charge in [0, 0.05) is 21.2 Å². The van der Waals surface area contributed by atoms with Crippen molar-refractivity contribution in [3.05, 3.63) is 58.6 Å². The molecular weight excluding hydrogens is 322 g/mol. The Hall–Kier alpha value is -0.970. The van der Waals surface area contributed by atoms with E-state index in [9.17, 15) is 0 Å². The zero-order valence-corrected chi connectivity index (χ0v) is 13.1. The summed E-state index contributed by atoms with van der Waals surface area (Å²) in [6, 6.07) is 16.2. The van der Waals surface area contributed by atoms with E-state index in [4.69, 9.17) is 10.5 Å². The predicted octanol–water partition coefficient (Wildman–Crippen LogP) is 4.25. The summed E-state index contributed by atoms with van der Waals surface area (Å²) in [4.78, 5) is 1.22. The lowest BCUT2D eigenvalue weighted by molar-refractivity contribution is 0.414.